The molecule has 4 heterocycles. The molecule has 35 heavy (non-hydrogen) atoms. The van der Waals surface area contributed by atoms with Crippen molar-refractivity contribution in [3.05, 3.63) is 71.5 Å². The van der Waals surface area contributed by atoms with Crippen molar-refractivity contribution in [2.75, 3.05) is 36.4 Å². The average Bonchev–Trinajstić information content (AvgIpc) is 2.81. The lowest BCUT2D eigenvalue weighted by atomic mass is 9.72. The van der Waals surface area contributed by atoms with Gasteiger partial charge in [0.1, 0.15) is 18.1 Å². The molecule has 2 aliphatic heterocycles. The molecule has 0 saturated carbocycles. The van der Waals surface area contributed by atoms with Crippen LogP contribution in [-0.2, 0) is 17.9 Å². The molecule has 3 aromatic rings. The molecular formula is C25H26F2N6O2. The van der Waals surface area contributed by atoms with Crippen LogP contribution in [0.4, 0.5) is 20.3 Å². The van der Waals surface area contributed by atoms with Crippen LogP contribution in [0, 0.1) is 5.41 Å². The SMILES string of the molecule is CC(=O)N1CC2(C1)CN(c1ccc(CNc3ccc(OCc4ccc(C(F)F)nc4)nn3)cc1)C2. The first-order chi connectivity index (χ1) is 16.9. The normalized spacial score (nSPS) is 16.1. The van der Waals surface area contributed by atoms with Crippen LogP contribution in [-0.4, -0.2) is 52.2 Å². The molecule has 1 spiro atoms. The Morgan fingerprint density at radius 3 is 2.37 bits per heavy atom. The molecular weight excluding hydrogens is 454 g/mol. The van der Waals surface area contributed by atoms with Gasteiger partial charge in [-0.1, -0.05) is 18.2 Å². The second kappa shape index (κ2) is 9.44. The number of nitrogens with zero attached hydrogens (tertiary/aromatic N) is 5. The van der Waals surface area contributed by atoms with E-state index in [1.807, 2.05) is 4.90 Å². The Bertz CT molecular complexity index is 1160. The molecule has 1 N–H and O–H groups in total. The van der Waals surface area contributed by atoms with Crippen molar-refractivity contribution in [2.45, 2.75) is 26.5 Å². The average molecular weight is 481 g/mol. The first-order valence-corrected chi connectivity index (χ1v) is 11.4. The van der Waals surface area contributed by atoms with Gasteiger partial charge in [-0.2, -0.15) is 0 Å². The predicted octanol–water partition coefficient (Wildman–Crippen LogP) is 3.67. The third-order valence-corrected chi connectivity index (χ3v) is 6.42. The predicted molar refractivity (Wildman–Crippen MR) is 126 cm³/mol. The molecule has 8 nitrogen and oxygen atoms in total. The maximum atomic E-state index is 12.6. The number of halogens is 2. The van der Waals surface area contributed by atoms with E-state index in [9.17, 15) is 13.6 Å². The number of anilines is 2. The van der Waals surface area contributed by atoms with Gasteiger partial charge in [0.25, 0.3) is 6.43 Å². The molecule has 2 fully saturated rings. The number of hydrogen-bond donors (Lipinski definition) is 1. The van der Waals surface area contributed by atoms with E-state index >= 15 is 0 Å². The van der Waals surface area contributed by atoms with Crippen molar-refractivity contribution in [1.82, 2.24) is 20.1 Å². The van der Waals surface area contributed by atoms with Crippen molar-refractivity contribution in [3.63, 3.8) is 0 Å². The van der Waals surface area contributed by atoms with E-state index in [-0.39, 0.29) is 23.6 Å². The minimum atomic E-state index is -2.59. The van der Waals surface area contributed by atoms with Gasteiger partial charge in [-0.05, 0) is 29.8 Å². The smallest absolute Gasteiger partial charge is 0.280 e. The second-order valence-electron chi connectivity index (χ2n) is 9.19. The van der Waals surface area contributed by atoms with Gasteiger partial charge in [-0.3, -0.25) is 9.78 Å². The molecule has 2 aromatic heterocycles. The number of carbonyl (C=O) groups excluding carboxylic acids is 1. The number of ether oxygens (including phenoxy) is 1. The summed E-state index contributed by atoms with van der Waals surface area (Å²) in [6.07, 6.45) is -1.22. The van der Waals surface area contributed by atoms with Crippen LogP contribution in [0.3, 0.4) is 0 Å². The van der Waals surface area contributed by atoms with E-state index in [4.69, 9.17) is 4.74 Å². The summed E-state index contributed by atoms with van der Waals surface area (Å²) in [5.74, 6) is 1.12. The van der Waals surface area contributed by atoms with E-state index in [2.05, 4.69) is 49.7 Å². The molecule has 0 aliphatic carbocycles. The highest BCUT2D eigenvalue weighted by atomic mass is 19.3. The fourth-order valence-electron chi connectivity index (χ4n) is 4.45. The molecule has 1 aromatic carbocycles. The van der Waals surface area contributed by atoms with Crippen LogP contribution < -0.4 is 15.0 Å². The number of hydrogen-bond acceptors (Lipinski definition) is 7. The molecule has 0 unspecified atom stereocenters. The molecule has 0 bridgehead atoms. The Balaban J connectivity index is 1.05. The highest BCUT2D eigenvalue weighted by Crippen LogP contribution is 2.41. The number of aromatic nitrogens is 3. The van der Waals surface area contributed by atoms with Gasteiger partial charge in [0.2, 0.25) is 11.8 Å². The minimum absolute atomic E-state index is 0.162. The van der Waals surface area contributed by atoms with E-state index in [1.165, 1.54) is 18.0 Å². The first-order valence-electron chi connectivity index (χ1n) is 11.4. The quantitative estimate of drug-likeness (QED) is 0.527. The molecule has 2 aliphatic rings. The summed E-state index contributed by atoms with van der Waals surface area (Å²) >= 11 is 0. The highest BCUT2D eigenvalue weighted by molar-refractivity contribution is 5.74. The fourth-order valence-corrected chi connectivity index (χ4v) is 4.45. The molecule has 0 atom stereocenters. The van der Waals surface area contributed by atoms with Gasteiger partial charge in [-0.25, -0.2) is 8.78 Å². The Morgan fingerprint density at radius 2 is 1.77 bits per heavy atom. The van der Waals surface area contributed by atoms with Gasteiger partial charge in [0.15, 0.2) is 0 Å². The maximum absolute atomic E-state index is 12.6. The molecule has 5 rings (SSSR count). The lowest BCUT2D eigenvalue weighted by Crippen LogP contribution is -2.72. The Kier molecular flexibility index (Phi) is 6.19. The van der Waals surface area contributed by atoms with Crippen molar-refractivity contribution >= 4 is 17.4 Å². The molecule has 0 radical (unpaired) electrons. The lowest BCUT2D eigenvalue weighted by molar-refractivity contribution is -0.142. The van der Waals surface area contributed by atoms with Gasteiger partial charge < -0.3 is 19.9 Å². The molecule has 10 heteroatoms. The summed E-state index contributed by atoms with van der Waals surface area (Å²) in [5, 5.41) is 11.4. The fraction of sp³-hybridized carbons (Fsp3) is 0.360. The summed E-state index contributed by atoms with van der Waals surface area (Å²) < 4.78 is 30.7. The number of pyridine rings is 1. The third kappa shape index (κ3) is 5.16. The summed E-state index contributed by atoms with van der Waals surface area (Å²) in [6.45, 7) is 6.14. The van der Waals surface area contributed by atoms with E-state index < -0.39 is 6.43 Å². The van der Waals surface area contributed by atoms with Crippen LogP contribution in [0.15, 0.2) is 54.7 Å². The van der Waals surface area contributed by atoms with Gasteiger partial charge >= 0.3 is 0 Å². The lowest BCUT2D eigenvalue weighted by Gasteiger charge is -2.60. The second-order valence-corrected chi connectivity index (χ2v) is 9.19. The Hall–Kier alpha value is -3.82. The summed E-state index contributed by atoms with van der Waals surface area (Å²) in [7, 11) is 0. The molecule has 182 valence electrons. The minimum Gasteiger partial charge on any atom is -0.472 e. The van der Waals surface area contributed by atoms with Crippen molar-refractivity contribution in [1.29, 1.82) is 0 Å². The number of likely N-dealkylation sites (tertiary alicyclic amines) is 1. The Morgan fingerprint density at radius 1 is 1.03 bits per heavy atom. The van der Waals surface area contributed by atoms with E-state index in [0.717, 1.165) is 31.7 Å². The maximum Gasteiger partial charge on any atom is 0.280 e. The van der Waals surface area contributed by atoms with Crippen LogP contribution in [0.25, 0.3) is 0 Å². The number of amides is 1. The summed E-state index contributed by atoms with van der Waals surface area (Å²) in [6, 6.07) is 14.7. The van der Waals surface area contributed by atoms with E-state index in [0.29, 0.717) is 23.8 Å². The van der Waals surface area contributed by atoms with Crippen molar-refractivity contribution in [2.24, 2.45) is 5.41 Å². The monoisotopic (exact) mass is 480 g/mol. The number of alkyl halides is 2. The van der Waals surface area contributed by atoms with Crippen LogP contribution in [0.1, 0.15) is 30.2 Å². The molecule has 1 amide bonds. The van der Waals surface area contributed by atoms with E-state index in [1.54, 1.807) is 25.1 Å². The van der Waals surface area contributed by atoms with Gasteiger partial charge in [0.05, 0.1) is 0 Å². The van der Waals surface area contributed by atoms with Crippen LogP contribution >= 0.6 is 0 Å². The Labute approximate surface area is 201 Å². The zero-order valence-electron chi connectivity index (χ0n) is 19.3. The van der Waals surface area contributed by atoms with Crippen LogP contribution in [0.2, 0.25) is 0 Å². The molecule has 2 saturated heterocycles. The third-order valence-electron chi connectivity index (χ3n) is 6.42. The summed E-state index contributed by atoms with van der Waals surface area (Å²) in [4.78, 5) is 19.4. The number of carbonyl (C=O) groups is 1. The van der Waals surface area contributed by atoms with Gasteiger partial charge in [-0.15, -0.1) is 10.2 Å². The van der Waals surface area contributed by atoms with Crippen LogP contribution in [0.5, 0.6) is 5.88 Å². The van der Waals surface area contributed by atoms with Crippen molar-refractivity contribution < 1.29 is 18.3 Å². The van der Waals surface area contributed by atoms with Crippen molar-refractivity contribution in [3.8, 4) is 5.88 Å². The zero-order chi connectivity index (χ0) is 24.4. The first kappa shape index (κ1) is 22.9. The number of rotatable bonds is 8. The van der Waals surface area contributed by atoms with Gasteiger partial charge in [0, 0.05) is 68.6 Å². The topological polar surface area (TPSA) is 83.5 Å². The largest absolute Gasteiger partial charge is 0.472 e. The highest BCUT2D eigenvalue weighted by Gasteiger charge is 2.52. The standard InChI is InChI=1S/C25H26F2N6O2/c1-17(34)32-13-25(14-32)15-33(16-25)20-5-2-18(3-6-20)10-29-22-8-9-23(31-30-22)35-12-19-4-7-21(24(26)27)28-11-19/h2-9,11,24H,10,12-16H2,1H3,(H,29,30). The number of nitrogens with one attached hydrogen (secondary N) is 1. The summed E-state index contributed by atoms with van der Waals surface area (Å²) in [5.41, 5.74) is 3.01. The number of benzene rings is 1. The zero-order valence-corrected chi connectivity index (χ0v) is 19.3.